The van der Waals surface area contributed by atoms with E-state index in [0.29, 0.717) is 22.2 Å². The smallest absolute Gasteiger partial charge is 0.0653 e. The van der Waals surface area contributed by atoms with Crippen molar-refractivity contribution in [1.82, 2.24) is 0 Å². The Hall–Kier alpha value is -0.300. The van der Waals surface area contributed by atoms with Gasteiger partial charge in [0.05, 0.1) is 5.60 Å². The lowest BCUT2D eigenvalue weighted by Crippen LogP contribution is -2.50. The number of allylic oxidation sites excluding steroid dienone is 2. The van der Waals surface area contributed by atoms with Gasteiger partial charge in [-0.3, -0.25) is 0 Å². The fourth-order valence-corrected chi connectivity index (χ4v) is 7.40. The van der Waals surface area contributed by atoms with E-state index in [9.17, 15) is 5.11 Å². The normalized spacial score (nSPS) is 54.6. The van der Waals surface area contributed by atoms with Gasteiger partial charge in [0.1, 0.15) is 0 Å². The van der Waals surface area contributed by atoms with E-state index in [0.717, 1.165) is 12.3 Å². The molecule has 0 aromatic heterocycles. The first kappa shape index (κ1) is 14.3. The maximum atomic E-state index is 10.9. The highest BCUT2D eigenvalue weighted by molar-refractivity contribution is 5.32. The summed E-state index contributed by atoms with van der Waals surface area (Å²) >= 11 is 0. The Balaban J connectivity index is 1.80. The van der Waals surface area contributed by atoms with Crippen LogP contribution < -0.4 is 0 Å². The number of hydrogen-bond acceptors (Lipinski definition) is 1. The molecule has 1 N–H and O–H groups in total. The molecule has 1 nitrogen and oxygen atoms in total. The summed E-state index contributed by atoms with van der Waals surface area (Å²) in [6.07, 6.45) is 12.9. The van der Waals surface area contributed by atoms with E-state index in [1.54, 1.807) is 5.57 Å². The molecule has 21 heavy (non-hydrogen) atoms. The van der Waals surface area contributed by atoms with Gasteiger partial charge in [-0.15, -0.1) is 0 Å². The minimum absolute atomic E-state index is 0.395. The lowest BCUT2D eigenvalue weighted by atomic mass is 9.45. The van der Waals surface area contributed by atoms with Crippen molar-refractivity contribution in [3.05, 3.63) is 11.6 Å². The minimum Gasteiger partial charge on any atom is -0.390 e. The minimum atomic E-state index is -0.402. The van der Waals surface area contributed by atoms with Gasteiger partial charge in [-0.1, -0.05) is 38.8 Å². The van der Waals surface area contributed by atoms with Crippen LogP contribution in [0.4, 0.5) is 0 Å². The highest BCUT2D eigenvalue weighted by atomic mass is 16.3. The molecule has 0 aromatic carbocycles. The van der Waals surface area contributed by atoms with Crippen LogP contribution in [0, 0.1) is 28.1 Å². The lowest BCUT2D eigenvalue weighted by molar-refractivity contribution is -0.0191. The van der Waals surface area contributed by atoms with Crippen LogP contribution in [0.2, 0.25) is 0 Å². The van der Waals surface area contributed by atoms with E-state index >= 15 is 0 Å². The quantitative estimate of drug-likeness (QED) is 0.616. The summed E-state index contributed by atoms with van der Waals surface area (Å²) in [4.78, 5) is 0. The third-order valence-corrected chi connectivity index (χ3v) is 8.11. The van der Waals surface area contributed by atoms with E-state index in [1.165, 1.54) is 44.9 Å². The van der Waals surface area contributed by atoms with Gasteiger partial charge in [0.15, 0.2) is 0 Å². The summed E-state index contributed by atoms with van der Waals surface area (Å²) in [5.41, 5.74) is 2.58. The zero-order valence-electron chi connectivity index (χ0n) is 14.3. The van der Waals surface area contributed by atoms with Crippen LogP contribution in [0.1, 0.15) is 79.1 Å². The first-order valence-electron chi connectivity index (χ1n) is 9.13. The average molecular weight is 288 g/mol. The van der Waals surface area contributed by atoms with Gasteiger partial charge in [0.2, 0.25) is 0 Å². The van der Waals surface area contributed by atoms with Gasteiger partial charge in [0, 0.05) is 0 Å². The summed E-state index contributed by atoms with van der Waals surface area (Å²) in [5.74, 6) is 1.37. The number of aliphatic hydroxyl groups is 1. The van der Waals surface area contributed by atoms with Crippen LogP contribution in [0.25, 0.3) is 0 Å². The molecule has 118 valence electrons. The van der Waals surface area contributed by atoms with Gasteiger partial charge in [0.25, 0.3) is 0 Å². The second-order valence-electron chi connectivity index (χ2n) is 9.90. The maximum Gasteiger partial charge on any atom is 0.0653 e. The Morgan fingerprint density at radius 3 is 2.62 bits per heavy atom. The largest absolute Gasteiger partial charge is 0.390 e. The molecule has 0 radical (unpaired) electrons. The average Bonchev–Trinajstić information content (AvgIpc) is 2.53. The fraction of sp³-hybridized carbons (Fsp3) is 0.900. The Morgan fingerprint density at radius 1 is 1.10 bits per heavy atom. The fourth-order valence-electron chi connectivity index (χ4n) is 7.40. The van der Waals surface area contributed by atoms with Crippen molar-refractivity contribution in [2.45, 2.75) is 84.7 Å². The Morgan fingerprint density at radius 2 is 1.86 bits per heavy atom. The molecule has 0 aromatic rings. The molecule has 0 saturated heterocycles. The number of fused-ring (bicyclic) bond motifs is 3. The summed E-state index contributed by atoms with van der Waals surface area (Å²) in [7, 11) is 0. The molecule has 0 aliphatic heterocycles. The van der Waals surface area contributed by atoms with Gasteiger partial charge in [-0.2, -0.15) is 0 Å². The summed E-state index contributed by atoms with van der Waals surface area (Å²) in [6, 6.07) is 0. The predicted octanol–water partition coefficient (Wildman–Crippen LogP) is 5.09. The van der Waals surface area contributed by atoms with Crippen molar-refractivity contribution in [3.63, 3.8) is 0 Å². The summed E-state index contributed by atoms with van der Waals surface area (Å²) in [6.45, 7) is 9.61. The van der Waals surface area contributed by atoms with E-state index in [1.807, 2.05) is 0 Å². The predicted molar refractivity (Wildman–Crippen MR) is 86.9 cm³/mol. The van der Waals surface area contributed by atoms with E-state index in [2.05, 4.69) is 33.8 Å². The zero-order valence-corrected chi connectivity index (χ0v) is 14.3. The second kappa shape index (κ2) is 3.96. The molecular formula is C20H32O. The number of hydrogen-bond donors (Lipinski definition) is 1. The van der Waals surface area contributed by atoms with E-state index < -0.39 is 5.60 Å². The first-order valence-corrected chi connectivity index (χ1v) is 9.13. The van der Waals surface area contributed by atoms with Crippen molar-refractivity contribution < 1.29 is 5.11 Å². The molecule has 4 aliphatic rings. The zero-order chi connectivity index (χ0) is 15.1. The molecule has 4 rings (SSSR count). The Kier molecular flexibility index (Phi) is 2.70. The molecule has 3 fully saturated rings. The molecule has 2 bridgehead atoms. The van der Waals surface area contributed by atoms with Crippen LogP contribution in [-0.2, 0) is 0 Å². The molecule has 5 atom stereocenters. The standard InChI is InChI=1S/C20H32O/c1-17(2)9-5-10-18(3)15(17)8-11-20-12-14(6-7-16(18)20)19(4,21)13-20/h8,14,16,21H,5-7,9-13H2,1-4H3/t14-,16?,18-,19-,20-/m1/s1. The molecule has 1 spiro atoms. The highest BCUT2D eigenvalue weighted by Crippen LogP contribution is 2.71. The molecule has 3 saturated carbocycles. The van der Waals surface area contributed by atoms with Gasteiger partial charge in [-0.05, 0) is 80.0 Å². The third-order valence-electron chi connectivity index (χ3n) is 8.11. The van der Waals surface area contributed by atoms with Crippen molar-refractivity contribution in [1.29, 1.82) is 0 Å². The molecule has 1 heteroatoms. The third kappa shape index (κ3) is 1.73. The van der Waals surface area contributed by atoms with Crippen LogP contribution in [-0.4, -0.2) is 10.7 Å². The van der Waals surface area contributed by atoms with Crippen molar-refractivity contribution in [3.8, 4) is 0 Å². The molecule has 0 amide bonds. The van der Waals surface area contributed by atoms with Crippen LogP contribution in [0.5, 0.6) is 0 Å². The van der Waals surface area contributed by atoms with Crippen LogP contribution in [0.15, 0.2) is 11.6 Å². The first-order chi connectivity index (χ1) is 9.70. The molecule has 1 unspecified atom stereocenters. The molecule has 4 aliphatic carbocycles. The van der Waals surface area contributed by atoms with Crippen molar-refractivity contribution >= 4 is 0 Å². The maximum absolute atomic E-state index is 10.9. The van der Waals surface area contributed by atoms with Crippen LogP contribution in [0.3, 0.4) is 0 Å². The van der Waals surface area contributed by atoms with E-state index in [4.69, 9.17) is 0 Å². The van der Waals surface area contributed by atoms with Gasteiger partial charge < -0.3 is 5.11 Å². The van der Waals surface area contributed by atoms with Crippen molar-refractivity contribution in [2.75, 3.05) is 0 Å². The topological polar surface area (TPSA) is 20.2 Å². The second-order valence-corrected chi connectivity index (χ2v) is 9.90. The number of rotatable bonds is 0. The molecular weight excluding hydrogens is 256 g/mol. The molecule has 0 heterocycles. The highest BCUT2D eigenvalue weighted by Gasteiger charge is 2.63. The van der Waals surface area contributed by atoms with Crippen molar-refractivity contribution in [2.24, 2.45) is 28.1 Å². The Labute approximate surface area is 130 Å². The van der Waals surface area contributed by atoms with E-state index in [-0.39, 0.29) is 0 Å². The summed E-state index contributed by atoms with van der Waals surface area (Å²) in [5, 5.41) is 10.9. The van der Waals surface area contributed by atoms with Gasteiger partial charge >= 0.3 is 0 Å². The van der Waals surface area contributed by atoms with Gasteiger partial charge in [-0.25, -0.2) is 0 Å². The summed E-state index contributed by atoms with van der Waals surface area (Å²) < 4.78 is 0. The Bertz CT molecular complexity index is 500. The SMILES string of the molecule is CC1(C)CCC[C@]2(C)C1=CC[C@]13C[C@@H](CCC12)[C@](C)(O)C3. The van der Waals surface area contributed by atoms with Crippen LogP contribution >= 0.6 is 0 Å². The lowest BCUT2D eigenvalue weighted by Gasteiger charge is -2.59. The monoisotopic (exact) mass is 288 g/mol.